The van der Waals surface area contributed by atoms with E-state index in [1.165, 1.54) is 0 Å². The third-order valence-corrected chi connectivity index (χ3v) is 3.44. The van der Waals surface area contributed by atoms with Gasteiger partial charge in [0.25, 0.3) is 5.91 Å². The number of nitrogens with zero attached hydrogens (tertiary/aromatic N) is 1. The molecule has 0 bridgehead atoms. The molecule has 1 N–H and O–H groups in total. The number of benzene rings is 1. The molecular formula is C15H16N2O4. The Morgan fingerprint density at radius 2 is 1.95 bits per heavy atom. The predicted molar refractivity (Wildman–Crippen MR) is 74.5 cm³/mol. The molecular weight excluding hydrogens is 272 g/mol. The standard InChI is InChI=1S/C15H16N2O4/c18-10-13(19)8-16-14(20)12-6-7-17(9-12)15(21)11-4-2-1-3-5-11/h1-5,10,12H,6-9H2,(H,16,20)/t12-/m0/s1. The molecule has 1 fully saturated rings. The summed E-state index contributed by atoms with van der Waals surface area (Å²) in [6, 6.07) is 8.88. The molecule has 1 aromatic carbocycles. The zero-order chi connectivity index (χ0) is 15.2. The number of rotatable bonds is 5. The van der Waals surface area contributed by atoms with Crippen LogP contribution in [0.1, 0.15) is 16.8 Å². The van der Waals surface area contributed by atoms with Crippen LogP contribution in [0.5, 0.6) is 0 Å². The quantitative estimate of drug-likeness (QED) is 0.612. The minimum atomic E-state index is -0.668. The first-order chi connectivity index (χ1) is 10.1. The average molecular weight is 288 g/mol. The van der Waals surface area contributed by atoms with E-state index in [4.69, 9.17) is 0 Å². The number of nitrogens with one attached hydrogen (secondary N) is 1. The topological polar surface area (TPSA) is 83.6 Å². The second-order valence-corrected chi connectivity index (χ2v) is 4.90. The molecule has 1 aliphatic heterocycles. The van der Waals surface area contributed by atoms with Gasteiger partial charge in [0.1, 0.15) is 0 Å². The molecule has 6 nitrogen and oxygen atoms in total. The van der Waals surface area contributed by atoms with Crippen LogP contribution in [-0.4, -0.2) is 48.4 Å². The molecule has 1 atom stereocenters. The third-order valence-electron chi connectivity index (χ3n) is 3.44. The lowest BCUT2D eigenvalue weighted by Crippen LogP contribution is -2.37. The Bertz CT molecular complexity index is 556. The number of amides is 2. The van der Waals surface area contributed by atoms with E-state index in [-0.39, 0.29) is 30.6 Å². The number of hydrogen-bond donors (Lipinski definition) is 1. The van der Waals surface area contributed by atoms with Crippen LogP contribution in [0.25, 0.3) is 0 Å². The first-order valence-corrected chi connectivity index (χ1v) is 6.72. The van der Waals surface area contributed by atoms with E-state index in [0.29, 0.717) is 25.1 Å². The molecule has 0 aromatic heterocycles. The van der Waals surface area contributed by atoms with Gasteiger partial charge in [0, 0.05) is 18.7 Å². The summed E-state index contributed by atoms with van der Waals surface area (Å²) in [6.07, 6.45) is 0.736. The van der Waals surface area contributed by atoms with E-state index in [9.17, 15) is 19.2 Å². The van der Waals surface area contributed by atoms with E-state index in [1.807, 2.05) is 6.07 Å². The van der Waals surface area contributed by atoms with Gasteiger partial charge < -0.3 is 10.2 Å². The summed E-state index contributed by atoms with van der Waals surface area (Å²) in [7, 11) is 0. The maximum absolute atomic E-state index is 12.2. The minimum Gasteiger partial charge on any atom is -0.348 e. The molecule has 1 saturated heterocycles. The number of Topliss-reactive ketones (excluding diaryl/α,β-unsaturated/α-hetero) is 1. The molecule has 1 aromatic rings. The van der Waals surface area contributed by atoms with Crippen LogP contribution in [0.3, 0.4) is 0 Å². The van der Waals surface area contributed by atoms with Gasteiger partial charge in [-0.3, -0.25) is 19.2 Å². The zero-order valence-electron chi connectivity index (χ0n) is 11.5. The summed E-state index contributed by atoms with van der Waals surface area (Å²) in [4.78, 5) is 46.7. The fourth-order valence-corrected chi connectivity index (χ4v) is 2.28. The lowest BCUT2D eigenvalue weighted by atomic mass is 10.1. The van der Waals surface area contributed by atoms with Crippen molar-refractivity contribution in [1.82, 2.24) is 10.2 Å². The van der Waals surface area contributed by atoms with Crippen LogP contribution in [-0.2, 0) is 14.4 Å². The number of carbonyl (C=O) groups excluding carboxylic acids is 4. The van der Waals surface area contributed by atoms with Gasteiger partial charge in [-0.2, -0.15) is 0 Å². The summed E-state index contributed by atoms with van der Waals surface area (Å²) in [5.74, 6) is -1.40. The number of ketones is 1. The summed E-state index contributed by atoms with van der Waals surface area (Å²) in [5.41, 5.74) is 0.592. The predicted octanol–water partition coefficient (Wildman–Crippen LogP) is 0.0329. The van der Waals surface area contributed by atoms with Gasteiger partial charge in [0.05, 0.1) is 12.5 Å². The molecule has 110 valence electrons. The van der Waals surface area contributed by atoms with Crippen molar-refractivity contribution in [3.63, 3.8) is 0 Å². The smallest absolute Gasteiger partial charge is 0.253 e. The van der Waals surface area contributed by atoms with Crippen LogP contribution in [0.2, 0.25) is 0 Å². The molecule has 21 heavy (non-hydrogen) atoms. The molecule has 0 spiro atoms. The highest BCUT2D eigenvalue weighted by atomic mass is 16.2. The summed E-state index contributed by atoms with van der Waals surface area (Å²) >= 11 is 0. The lowest BCUT2D eigenvalue weighted by molar-refractivity contribution is -0.131. The Labute approximate surface area is 122 Å². The fourth-order valence-electron chi connectivity index (χ4n) is 2.28. The van der Waals surface area contributed by atoms with E-state index in [0.717, 1.165) is 0 Å². The monoisotopic (exact) mass is 288 g/mol. The molecule has 0 aliphatic carbocycles. The number of aldehydes is 1. The second kappa shape index (κ2) is 6.78. The van der Waals surface area contributed by atoms with Crippen molar-refractivity contribution < 1.29 is 19.2 Å². The lowest BCUT2D eigenvalue weighted by Gasteiger charge is -2.16. The minimum absolute atomic E-state index is 0.102. The van der Waals surface area contributed by atoms with Crippen molar-refractivity contribution in [2.45, 2.75) is 6.42 Å². The van der Waals surface area contributed by atoms with Gasteiger partial charge in [-0.15, -0.1) is 0 Å². The van der Waals surface area contributed by atoms with Gasteiger partial charge >= 0.3 is 0 Å². The molecule has 1 heterocycles. The highest BCUT2D eigenvalue weighted by Crippen LogP contribution is 2.18. The Morgan fingerprint density at radius 3 is 2.62 bits per heavy atom. The van der Waals surface area contributed by atoms with Crippen LogP contribution in [0.4, 0.5) is 0 Å². The zero-order valence-corrected chi connectivity index (χ0v) is 11.5. The highest BCUT2D eigenvalue weighted by molar-refractivity contribution is 6.26. The molecule has 6 heteroatoms. The second-order valence-electron chi connectivity index (χ2n) is 4.90. The molecule has 2 amide bonds. The third kappa shape index (κ3) is 3.75. The van der Waals surface area contributed by atoms with Gasteiger partial charge in [-0.1, -0.05) is 18.2 Å². The SMILES string of the molecule is O=CC(=O)CNC(=O)[C@H]1CCN(C(=O)c2ccccc2)C1. The molecule has 1 aliphatic rings. The van der Waals surface area contributed by atoms with Gasteiger partial charge in [0.2, 0.25) is 11.7 Å². The van der Waals surface area contributed by atoms with E-state index in [1.54, 1.807) is 29.2 Å². The maximum atomic E-state index is 12.2. The largest absolute Gasteiger partial charge is 0.348 e. The Kier molecular flexibility index (Phi) is 4.81. The van der Waals surface area contributed by atoms with Gasteiger partial charge in [-0.05, 0) is 18.6 Å². The molecule has 0 radical (unpaired) electrons. The average Bonchev–Trinajstić information content (AvgIpc) is 3.02. The Balaban J connectivity index is 1.88. The summed E-state index contributed by atoms with van der Waals surface area (Å²) in [6.45, 7) is 0.549. The van der Waals surface area contributed by atoms with E-state index in [2.05, 4.69) is 5.32 Å². The maximum Gasteiger partial charge on any atom is 0.253 e. The van der Waals surface area contributed by atoms with Gasteiger partial charge in [0.15, 0.2) is 6.29 Å². The molecule has 0 unspecified atom stereocenters. The van der Waals surface area contributed by atoms with Crippen molar-refractivity contribution in [2.24, 2.45) is 5.92 Å². The van der Waals surface area contributed by atoms with Crippen molar-refractivity contribution >= 4 is 23.9 Å². The number of carbonyl (C=O) groups is 4. The van der Waals surface area contributed by atoms with E-state index < -0.39 is 5.78 Å². The Morgan fingerprint density at radius 1 is 1.24 bits per heavy atom. The number of hydrogen-bond acceptors (Lipinski definition) is 4. The normalized spacial score (nSPS) is 17.3. The summed E-state index contributed by atoms with van der Waals surface area (Å²) < 4.78 is 0. The first-order valence-electron chi connectivity index (χ1n) is 6.72. The fraction of sp³-hybridized carbons (Fsp3) is 0.333. The van der Waals surface area contributed by atoms with Crippen molar-refractivity contribution in [2.75, 3.05) is 19.6 Å². The van der Waals surface area contributed by atoms with Crippen molar-refractivity contribution in [1.29, 1.82) is 0 Å². The number of likely N-dealkylation sites (tertiary alicyclic amines) is 1. The molecule has 2 rings (SSSR count). The van der Waals surface area contributed by atoms with Crippen molar-refractivity contribution in [3.8, 4) is 0 Å². The first kappa shape index (κ1) is 14.9. The van der Waals surface area contributed by atoms with Crippen LogP contribution >= 0.6 is 0 Å². The van der Waals surface area contributed by atoms with E-state index >= 15 is 0 Å². The summed E-state index contributed by atoms with van der Waals surface area (Å²) in [5, 5.41) is 2.42. The van der Waals surface area contributed by atoms with Crippen LogP contribution in [0.15, 0.2) is 30.3 Å². The van der Waals surface area contributed by atoms with Gasteiger partial charge in [-0.25, -0.2) is 0 Å². The van der Waals surface area contributed by atoms with Crippen LogP contribution < -0.4 is 5.32 Å². The highest BCUT2D eigenvalue weighted by Gasteiger charge is 2.31. The Hall–Kier alpha value is -2.50. The van der Waals surface area contributed by atoms with Crippen LogP contribution in [0, 0.1) is 5.92 Å². The molecule has 0 saturated carbocycles. The van der Waals surface area contributed by atoms with Crippen molar-refractivity contribution in [3.05, 3.63) is 35.9 Å².